The zero-order chi connectivity index (χ0) is 15.2. The number of benzene rings is 1. The minimum Gasteiger partial charge on any atom is -0.496 e. The number of amides is 1. The lowest BCUT2D eigenvalue weighted by Crippen LogP contribution is -2.29. The number of rotatable bonds is 6. The van der Waals surface area contributed by atoms with Gasteiger partial charge in [0.1, 0.15) is 5.75 Å². The SMILES string of the molecule is COc1ccccc1CN(C)Cc1csc(C(=O)NN)n1. The van der Waals surface area contributed by atoms with Crippen molar-refractivity contribution in [1.82, 2.24) is 15.3 Å². The molecule has 0 aliphatic heterocycles. The summed E-state index contributed by atoms with van der Waals surface area (Å²) < 4.78 is 5.34. The predicted octanol–water partition coefficient (Wildman–Crippen LogP) is 1.39. The summed E-state index contributed by atoms with van der Waals surface area (Å²) in [4.78, 5) is 17.7. The molecule has 0 aliphatic carbocycles. The van der Waals surface area contributed by atoms with Gasteiger partial charge in [0.15, 0.2) is 5.01 Å². The molecular formula is C14H18N4O2S. The fourth-order valence-electron chi connectivity index (χ4n) is 2.00. The van der Waals surface area contributed by atoms with E-state index in [1.54, 1.807) is 7.11 Å². The van der Waals surface area contributed by atoms with Gasteiger partial charge < -0.3 is 4.74 Å². The molecule has 0 fully saturated rings. The quantitative estimate of drug-likeness (QED) is 0.479. The molecule has 0 spiro atoms. The molecule has 1 aromatic carbocycles. The van der Waals surface area contributed by atoms with Crippen LogP contribution in [0.15, 0.2) is 29.6 Å². The van der Waals surface area contributed by atoms with E-state index < -0.39 is 0 Å². The van der Waals surface area contributed by atoms with Crippen molar-refractivity contribution < 1.29 is 9.53 Å². The Kier molecular flexibility index (Phi) is 5.26. The Labute approximate surface area is 127 Å². The summed E-state index contributed by atoms with van der Waals surface area (Å²) in [6, 6.07) is 7.90. The van der Waals surface area contributed by atoms with Crippen LogP contribution in [0, 0.1) is 0 Å². The summed E-state index contributed by atoms with van der Waals surface area (Å²) in [5, 5.41) is 2.24. The highest BCUT2D eigenvalue weighted by Gasteiger charge is 2.12. The summed E-state index contributed by atoms with van der Waals surface area (Å²) in [5.74, 6) is 5.60. The molecule has 0 bridgehead atoms. The average Bonchev–Trinajstić information content (AvgIpc) is 2.95. The van der Waals surface area contributed by atoms with E-state index in [9.17, 15) is 4.79 Å². The van der Waals surface area contributed by atoms with E-state index in [1.165, 1.54) is 11.3 Å². The van der Waals surface area contributed by atoms with Crippen LogP contribution in [0.2, 0.25) is 0 Å². The Morgan fingerprint density at radius 2 is 2.19 bits per heavy atom. The first-order chi connectivity index (χ1) is 10.1. The lowest BCUT2D eigenvalue weighted by molar-refractivity contribution is 0.0953. The summed E-state index contributed by atoms with van der Waals surface area (Å²) in [7, 11) is 3.66. The molecule has 21 heavy (non-hydrogen) atoms. The van der Waals surface area contributed by atoms with Crippen LogP contribution in [0.4, 0.5) is 0 Å². The van der Waals surface area contributed by atoms with E-state index in [-0.39, 0.29) is 5.91 Å². The van der Waals surface area contributed by atoms with Crippen LogP contribution >= 0.6 is 11.3 Å². The normalized spacial score (nSPS) is 10.7. The van der Waals surface area contributed by atoms with Crippen molar-refractivity contribution in [3.63, 3.8) is 0 Å². The topological polar surface area (TPSA) is 80.5 Å². The van der Waals surface area contributed by atoms with Crippen molar-refractivity contribution >= 4 is 17.2 Å². The number of aromatic nitrogens is 1. The van der Waals surface area contributed by atoms with Crippen LogP contribution in [-0.4, -0.2) is 29.9 Å². The molecule has 2 rings (SSSR count). The summed E-state index contributed by atoms with van der Waals surface area (Å²) in [6.07, 6.45) is 0. The number of hydrogen-bond donors (Lipinski definition) is 2. The number of methoxy groups -OCH3 is 1. The molecule has 0 saturated heterocycles. The minimum atomic E-state index is -0.362. The van der Waals surface area contributed by atoms with Crippen LogP contribution < -0.4 is 16.0 Å². The van der Waals surface area contributed by atoms with Crippen molar-refractivity contribution in [2.24, 2.45) is 5.84 Å². The maximum absolute atomic E-state index is 11.4. The molecule has 0 aliphatic rings. The largest absolute Gasteiger partial charge is 0.496 e. The van der Waals surface area contributed by atoms with E-state index >= 15 is 0 Å². The number of nitrogens with one attached hydrogen (secondary N) is 1. The number of nitrogens with two attached hydrogens (primary N) is 1. The molecule has 0 atom stereocenters. The second-order valence-corrected chi connectivity index (χ2v) is 5.46. The molecule has 1 heterocycles. The number of ether oxygens (including phenoxy) is 1. The highest BCUT2D eigenvalue weighted by Crippen LogP contribution is 2.20. The molecule has 0 radical (unpaired) electrons. The van der Waals surface area contributed by atoms with Crippen molar-refractivity contribution in [2.45, 2.75) is 13.1 Å². The van der Waals surface area contributed by atoms with Gasteiger partial charge in [-0.2, -0.15) is 0 Å². The number of nitrogens with zero attached hydrogens (tertiary/aromatic N) is 2. The first-order valence-corrected chi connectivity index (χ1v) is 7.27. The molecule has 7 heteroatoms. The van der Waals surface area contributed by atoms with Crippen molar-refractivity contribution in [3.05, 3.63) is 45.9 Å². The molecule has 1 aromatic heterocycles. The van der Waals surface area contributed by atoms with Gasteiger partial charge in [-0.15, -0.1) is 11.3 Å². The molecule has 2 aromatic rings. The van der Waals surface area contributed by atoms with Gasteiger partial charge in [-0.1, -0.05) is 18.2 Å². The van der Waals surface area contributed by atoms with E-state index in [4.69, 9.17) is 10.6 Å². The van der Waals surface area contributed by atoms with Crippen molar-refractivity contribution in [3.8, 4) is 5.75 Å². The second kappa shape index (κ2) is 7.16. The third-order valence-corrected chi connectivity index (χ3v) is 3.83. The summed E-state index contributed by atoms with van der Waals surface area (Å²) in [5.41, 5.74) is 4.03. The van der Waals surface area contributed by atoms with Crippen LogP contribution in [0.5, 0.6) is 5.75 Å². The summed E-state index contributed by atoms with van der Waals surface area (Å²) in [6.45, 7) is 1.38. The van der Waals surface area contributed by atoms with Crippen LogP contribution in [-0.2, 0) is 13.1 Å². The van der Waals surface area contributed by atoms with E-state index in [1.807, 2.05) is 36.7 Å². The van der Waals surface area contributed by atoms with Gasteiger partial charge in [-0.05, 0) is 13.1 Å². The van der Waals surface area contributed by atoms with Crippen molar-refractivity contribution in [2.75, 3.05) is 14.2 Å². The Morgan fingerprint density at radius 1 is 1.43 bits per heavy atom. The van der Waals surface area contributed by atoms with Crippen LogP contribution in [0.25, 0.3) is 0 Å². The van der Waals surface area contributed by atoms with Gasteiger partial charge in [0.25, 0.3) is 5.91 Å². The number of carbonyl (C=O) groups excluding carboxylic acids is 1. The zero-order valence-corrected chi connectivity index (χ0v) is 12.8. The van der Waals surface area contributed by atoms with Crippen molar-refractivity contribution in [1.29, 1.82) is 0 Å². The van der Waals surface area contributed by atoms with E-state index in [0.29, 0.717) is 11.6 Å². The standard InChI is InChI=1S/C14H18N4O2S/c1-18(7-10-5-3-4-6-12(10)20-2)8-11-9-21-14(16-11)13(19)17-15/h3-6,9H,7-8,15H2,1-2H3,(H,17,19). The van der Waals surface area contributed by atoms with Gasteiger partial charge in [-0.3, -0.25) is 15.1 Å². The monoisotopic (exact) mass is 306 g/mol. The van der Waals surface area contributed by atoms with Crippen LogP contribution in [0.1, 0.15) is 21.1 Å². The summed E-state index contributed by atoms with van der Waals surface area (Å²) >= 11 is 1.28. The fraction of sp³-hybridized carbons (Fsp3) is 0.286. The van der Waals surface area contributed by atoms with Gasteiger partial charge >= 0.3 is 0 Å². The Bertz CT molecular complexity index is 615. The minimum absolute atomic E-state index is 0.362. The molecule has 112 valence electrons. The zero-order valence-electron chi connectivity index (χ0n) is 12.0. The van der Waals surface area contributed by atoms with Gasteiger partial charge in [0, 0.05) is 24.0 Å². The molecule has 0 saturated carbocycles. The first-order valence-electron chi connectivity index (χ1n) is 6.40. The first kappa shape index (κ1) is 15.4. The van der Waals surface area contributed by atoms with E-state index in [2.05, 4.69) is 15.3 Å². The smallest absolute Gasteiger partial charge is 0.294 e. The maximum atomic E-state index is 11.4. The van der Waals surface area contributed by atoms with Gasteiger partial charge in [0.2, 0.25) is 0 Å². The Balaban J connectivity index is 2.00. The Morgan fingerprint density at radius 3 is 2.90 bits per heavy atom. The molecule has 6 nitrogen and oxygen atoms in total. The second-order valence-electron chi connectivity index (χ2n) is 4.60. The number of hydrogen-bond acceptors (Lipinski definition) is 6. The highest BCUT2D eigenvalue weighted by molar-refractivity contribution is 7.11. The third-order valence-electron chi connectivity index (χ3n) is 2.94. The fourth-order valence-corrected chi connectivity index (χ4v) is 2.71. The number of nitrogen functional groups attached to an aromatic ring is 1. The molecule has 3 N–H and O–H groups in total. The number of thiazole rings is 1. The highest BCUT2D eigenvalue weighted by atomic mass is 32.1. The number of para-hydroxylation sites is 1. The van der Waals surface area contributed by atoms with Crippen LogP contribution in [0.3, 0.4) is 0 Å². The lowest BCUT2D eigenvalue weighted by atomic mass is 10.2. The van der Waals surface area contributed by atoms with E-state index in [0.717, 1.165) is 23.6 Å². The molecule has 1 amide bonds. The Hall–Kier alpha value is -1.96. The van der Waals surface area contributed by atoms with Gasteiger partial charge in [-0.25, -0.2) is 10.8 Å². The molecular weight excluding hydrogens is 288 g/mol. The maximum Gasteiger partial charge on any atom is 0.294 e. The molecule has 0 unspecified atom stereocenters. The lowest BCUT2D eigenvalue weighted by Gasteiger charge is -2.17. The van der Waals surface area contributed by atoms with Gasteiger partial charge in [0.05, 0.1) is 12.8 Å². The third kappa shape index (κ3) is 4.01. The average molecular weight is 306 g/mol. The number of carbonyl (C=O) groups is 1. The predicted molar refractivity (Wildman–Crippen MR) is 81.9 cm³/mol. The number of hydrazine groups is 1.